The minimum Gasteiger partial charge on any atom is -0.383 e. The number of amides is 2. The zero-order chi connectivity index (χ0) is 25.6. The fraction of sp³-hybridized carbons (Fsp3) is 0.379. The van der Waals surface area contributed by atoms with Gasteiger partial charge in [0, 0.05) is 52.2 Å². The first-order valence-corrected chi connectivity index (χ1v) is 12.4. The number of methoxy groups -OCH3 is 2. The molecule has 36 heavy (non-hydrogen) atoms. The summed E-state index contributed by atoms with van der Waals surface area (Å²) in [5, 5.41) is 0. The van der Waals surface area contributed by atoms with Gasteiger partial charge in [0.25, 0.3) is 0 Å². The Morgan fingerprint density at radius 2 is 1.36 bits per heavy atom. The Hall–Kier alpha value is -3.42. The van der Waals surface area contributed by atoms with E-state index in [2.05, 4.69) is 16.7 Å². The van der Waals surface area contributed by atoms with Crippen molar-refractivity contribution in [3.63, 3.8) is 0 Å². The summed E-state index contributed by atoms with van der Waals surface area (Å²) in [5.74, 6) is -0.160. The highest BCUT2D eigenvalue weighted by Gasteiger charge is 2.22. The number of ether oxygens (including phenoxy) is 2. The van der Waals surface area contributed by atoms with Crippen molar-refractivity contribution in [1.82, 2.24) is 14.4 Å². The van der Waals surface area contributed by atoms with Gasteiger partial charge in [-0.3, -0.25) is 9.59 Å². The molecular formula is C29H37N3O4. The molecule has 0 fully saturated rings. The van der Waals surface area contributed by atoms with Crippen molar-refractivity contribution < 1.29 is 19.1 Å². The summed E-state index contributed by atoms with van der Waals surface area (Å²) in [6, 6.07) is 24.2. The lowest BCUT2D eigenvalue weighted by atomic mass is 10.1. The topological polar surface area (TPSA) is 64.0 Å². The molecule has 1 aromatic heterocycles. The second-order valence-electron chi connectivity index (χ2n) is 8.71. The van der Waals surface area contributed by atoms with Crippen molar-refractivity contribution in [2.45, 2.75) is 25.9 Å². The largest absolute Gasteiger partial charge is 0.383 e. The third-order valence-electron chi connectivity index (χ3n) is 6.10. The summed E-state index contributed by atoms with van der Waals surface area (Å²) in [4.78, 5) is 29.8. The molecule has 1 heterocycles. The third kappa shape index (κ3) is 8.66. The van der Waals surface area contributed by atoms with Gasteiger partial charge < -0.3 is 23.8 Å². The van der Waals surface area contributed by atoms with Crippen molar-refractivity contribution >= 4 is 11.8 Å². The molecule has 0 atom stereocenters. The standard InChI is InChI=1S/C29H37N3O4/c1-35-20-18-31(23-27-14-9-17-30(27)22-26-12-7-4-8-13-26)29(34)24-32(19-21-36-2)28(33)16-15-25-10-5-3-6-11-25/h3-14,17H,15-16,18-24H2,1-2H3. The summed E-state index contributed by atoms with van der Waals surface area (Å²) in [6.07, 6.45) is 3.01. The van der Waals surface area contributed by atoms with Gasteiger partial charge >= 0.3 is 0 Å². The number of rotatable bonds is 15. The van der Waals surface area contributed by atoms with Crippen LogP contribution in [-0.2, 0) is 38.6 Å². The van der Waals surface area contributed by atoms with Crippen LogP contribution in [0.1, 0.15) is 23.2 Å². The van der Waals surface area contributed by atoms with Crippen LogP contribution in [0, 0.1) is 0 Å². The maximum absolute atomic E-state index is 13.4. The van der Waals surface area contributed by atoms with E-state index in [0.717, 1.165) is 17.8 Å². The summed E-state index contributed by atoms with van der Waals surface area (Å²) in [7, 11) is 3.22. The number of carbonyl (C=O) groups is 2. The summed E-state index contributed by atoms with van der Waals surface area (Å²) < 4.78 is 12.6. The van der Waals surface area contributed by atoms with Gasteiger partial charge in [0.2, 0.25) is 11.8 Å². The van der Waals surface area contributed by atoms with Gasteiger partial charge in [-0.05, 0) is 29.7 Å². The number of aromatic nitrogens is 1. The van der Waals surface area contributed by atoms with E-state index >= 15 is 0 Å². The fourth-order valence-corrected chi connectivity index (χ4v) is 4.03. The molecule has 0 aliphatic carbocycles. The van der Waals surface area contributed by atoms with Gasteiger partial charge in [-0.1, -0.05) is 60.7 Å². The van der Waals surface area contributed by atoms with Crippen LogP contribution < -0.4 is 0 Å². The molecule has 0 aliphatic heterocycles. The molecule has 192 valence electrons. The molecule has 3 rings (SSSR count). The van der Waals surface area contributed by atoms with Crippen LogP contribution >= 0.6 is 0 Å². The lowest BCUT2D eigenvalue weighted by molar-refractivity contribution is -0.141. The van der Waals surface area contributed by atoms with Crippen molar-refractivity contribution in [3.05, 3.63) is 95.8 Å². The van der Waals surface area contributed by atoms with E-state index in [1.54, 1.807) is 24.0 Å². The number of aryl methyl sites for hydroxylation is 1. The summed E-state index contributed by atoms with van der Waals surface area (Å²) in [5.41, 5.74) is 3.33. The molecule has 7 heteroatoms. The smallest absolute Gasteiger partial charge is 0.242 e. The highest BCUT2D eigenvalue weighted by Crippen LogP contribution is 2.12. The average Bonchev–Trinajstić information content (AvgIpc) is 3.34. The number of hydrogen-bond acceptors (Lipinski definition) is 4. The SMILES string of the molecule is COCCN(CC(=O)N(CCOC)Cc1cccn1Cc1ccccc1)C(=O)CCc1ccccc1. The van der Waals surface area contributed by atoms with E-state index in [-0.39, 0.29) is 18.4 Å². The molecule has 0 radical (unpaired) electrons. The predicted octanol–water partition coefficient (Wildman–Crippen LogP) is 3.62. The van der Waals surface area contributed by atoms with Crippen molar-refractivity contribution in [2.24, 2.45) is 0 Å². The third-order valence-corrected chi connectivity index (χ3v) is 6.10. The normalized spacial score (nSPS) is 10.8. The molecule has 0 bridgehead atoms. The van der Waals surface area contributed by atoms with E-state index in [0.29, 0.717) is 45.7 Å². The number of nitrogens with zero attached hydrogens (tertiary/aromatic N) is 3. The second-order valence-corrected chi connectivity index (χ2v) is 8.71. The molecule has 0 saturated heterocycles. The molecule has 0 N–H and O–H groups in total. The van der Waals surface area contributed by atoms with Crippen LogP contribution in [0.25, 0.3) is 0 Å². The summed E-state index contributed by atoms with van der Waals surface area (Å²) >= 11 is 0. The Labute approximate surface area is 214 Å². The Balaban J connectivity index is 1.67. The maximum Gasteiger partial charge on any atom is 0.242 e. The van der Waals surface area contributed by atoms with Gasteiger partial charge in [-0.15, -0.1) is 0 Å². The molecule has 2 amide bonds. The maximum atomic E-state index is 13.4. The first kappa shape index (κ1) is 27.2. The number of carbonyl (C=O) groups excluding carboxylic acids is 2. The number of benzene rings is 2. The van der Waals surface area contributed by atoms with Gasteiger partial charge in [0.15, 0.2) is 0 Å². The highest BCUT2D eigenvalue weighted by atomic mass is 16.5. The first-order valence-electron chi connectivity index (χ1n) is 12.4. The van der Waals surface area contributed by atoms with Gasteiger partial charge in [-0.2, -0.15) is 0 Å². The Bertz CT molecular complexity index is 1050. The van der Waals surface area contributed by atoms with Crippen LogP contribution in [0.2, 0.25) is 0 Å². The van der Waals surface area contributed by atoms with Crippen LogP contribution in [0.3, 0.4) is 0 Å². The number of hydrogen-bond donors (Lipinski definition) is 0. The summed E-state index contributed by atoms with van der Waals surface area (Å²) in [6.45, 7) is 2.81. The molecule has 0 unspecified atom stereocenters. The van der Waals surface area contributed by atoms with Crippen molar-refractivity contribution in [3.8, 4) is 0 Å². The molecule has 3 aromatic rings. The molecular weight excluding hydrogens is 454 g/mol. The minimum atomic E-state index is -0.108. The fourth-order valence-electron chi connectivity index (χ4n) is 4.03. The quantitative estimate of drug-likeness (QED) is 0.326. The Morgan fingerprint density at radius 1 is 0.750 bits per heavy atom. The van der Waals surface area contributed by atoms with Crippen LogP contribution in [0.4, 0.5) is 0 Å². The predicted molar refractivity (Wildman–Crippen MR) is 140 cm³/mol. The average molecular weight is 492 g/mol. The lowest BCUT2D eigenvalue weighted by Gasteiger charge is -2.28. The van der Waals surface area contributed by atoms with Crippen LogP contribution in [0.5, 0.6) is 0 Å². The molecule has 0 saturated carbocycles. The molecule has 2 aromatic carbocycles. The monoisotopic (exact) mass is 491 g/mol. The van der Waals surface area contributed by atoms with Crippen molar-refractivity contribution in [1.29, 1.82) is 0 Å². The molecule has 0 spiro atoms. The Kier molecular flexibility index (Phi) is 11.2. The van der Waals surface area contributed by atoms with Gasteiger partial charge in [-0.25, -0.2) is 0 Å². The molecule has 7 nitrogen and oxygen atoms in total. The van der Waals surface area contributed by atoms with E-state index in [1.165, 1.54) is 5.56 Å². The van der Waals surface area contributed by atoms with E-state index in [1.807, 2.05) is 66.9 Å². The van der Waals surface area contributed by atoms with E-state index in [9.17, 15) is 9.59 Å². The van der Waals surface area contributed by atoms with Gasteiger partial charge in [0.05, 0.1) is 26.3 Å². The molecule has 0 aliphatic rings. The minimum absolute atomic E-state index is 0.0140. The van der Waals surface area contributed by atoms with Crippen molar-refractivity contribution in [2.75, 3.05) is 47.1 Å². The lowest BCUT2D eigenvalue weighted by Crippen LogP contribution is -2.45. The zero-order valence-electron chi connectivity index (χ0n) is 21.3. The highest BCUT2D eigenvalue weighted by molar-refractivity contribution is 5.85. The zero-order valence-corrected chi connectivity index (χ0v) is 21.3. The second kappa shape index (κ2) is 14.9. The first-order chi connectivity index (χ1) is 17.6. The van der Waals surface area contributed by atoms with Gasteiger partial charge in [0.1, 0.15) is 0 Å². The van der Waals surface area contributed by atoms with E-state index in [4.69, 9.17) is 9.47 Å². The van der Waals surface area contributed by atoms with E-state index < -0.39 is 0 Å². The van der Waals surface area contributed by atoms with Crippen LogP contribution in [-0.4, -0.2) is 73.2 Å². The van der Waals surface area contributed by atoms with Crippen LogP contribution in [0.15, 0.2) is 79.0 Å². The Morgan fingerprint density at radius 3 is 2.00 bits per heavy atom.